The van der Waals surface area contributed by atoms with E-state index in [0.717, 1.165) is 28.2 Å². The van der Waals surface area contributed by atoms with E-state index >= 15 is 0 Å². The molecule has 1 N–H and O–H groups in total. The van der Waals surface area contributed by atoms with E-state index in [-0.39, 0.29) is 0 Å². The van der Waals surface area contributed by atoms with Crippen molar-refractivity contribution in [3.8, 4) is 0 Å². The Morgan fingerprint density at radius 3 is 2.44 bits per heavy atom. The van der Waals surface area contributed by atoms with Crippen LogP contribution < -0.4 is 4.72 Å². The number of hydrogen-bond acceptors (Lipinski definition) is 3. The molecule has 0 radical (unpaired) electrons. The van der Waals surface area contributed by atoms with Crippen molar-refractivity contribution >= 4 is 10.0 Å². The van der Waals surface area contributed by atoms with Crippen molar-refractivity contribution in [3.05, 3.63) is 46.5 Å². The molecule has 0 aliphatic heterocycles. The van der Waals surface area contributed by atoms with E-state index in [1.54, 1.807) is 6.07 Å². The van der Waals surface area contributed by atoms with Crippen molar-refractivity contribution in [3.63, 3.8) is 0 Å². The molecule has 0 spiro atoms. The summed E-state index contributed by atoms with van der Waals surface area (Å²) in [5.74, 6) is 1.64. The molecule has 1 aliphatic carbocycles. The molecular weight excluding hydrogens is 334 g/mol. The maximum atomic E-state index is 12.7. The zero-order valence-corrected chi connectivity index (χ0v) is 16.3. The second kappa shape index (κ2) is 6.92. The van der Waals surface area contributed by atoms with Gasteiger partial charge in [-0.2, -0.15) is 0 Å². The lowest BCUT2D eigenvalue weighted by Crippen LogP contribution is -2.29. The molecule has 1 heterocycles. The minimum atomic E-state index is -3.50. The highest BCUT2D eigenvalue weighted by molar-refractivity contribution is 7.89. The average molecular weight is 362 g/mol. The summed E-state index contributed by atoms with van der Waals surface area (Å²) in [7, 11) is -3.50. The van der Waals surface area contributed by atoms with Gasteiger partial charge in [0.25, 0.3) is 0 Å². The third kappa shape index (κ3) is 3.65. The lowest BCUT2D eigenvalue weighted by atomic mass is 9.85. The fourth-order valence-corrected chi connectivity index (χ4v) is 4.69. The molecule has 1 aliphatic rings. The predicted octanol–water partition coefficient (Wildman–Crippen LogP) is 3.36. The summed E-state index contributed by atoms with van der Waals surface area (Å²) in [6.45, 7) is 8.78. The molecule has 1 fully saturated rings. The Labute approximate surface area is 150 Å². The van der Waals surface area contributed by atoms with Gasteiger partial charge in [0.05, 0.1) is 4.90 Å². The van der Waals surface area contributed by atoms with E-state index in [9.17, 15) is 8.42 Å². The van der Waals surface area contributed by atoms with E-state index in [1.807, 2.05) is 40.0 Å². The summed E-state index contributed by atoms with van der Waals surface area (Å²) in [5.41, 5.74) is 3.97. The number of nitrogens with zero attached hydrogens (tertiary/aromatic N) is 2. The average Bonchev–Trinajstić information content (AvgIpc) is 2.82. The fraction of sp³-hybridized carbons (Fsp3) is 0.526. The quantitative estimate of drug-likeness (QED) is 0.858. The Balaban J connectivity index is 1.72. The molecule has 5 nitrogen and oxygen atoms in total. The van der Waals surface area contributed by atoms with Crippen LogP contribution in [0.2, 0.25) is 0 Å². The number of benzene rings is 1. The topological polar surface area (TPSA) is 64.0 Å². The number of imidazole rings is 1. The smallest absolute Gasteiger partial charge is 0.240 e. The van der Waals surface area contributed by atoms with Gasteiger partial charge in [-0.15, -0.1) is 0 Å². The molecule has 0 atom stereocenters. The van der Waals surface area contributed by atoms with Crippen LogP contribution in [0, 0.1) is 27.7 Å². The van der Waals surface area contributed by atoms with Crippen LogP contribution in [0.25, 0.3) is 0 Å². The number of nitrogens with one attached hydrogen (secondary N) is 1. The SMILES string of the molecule is Cc1cc(C)c(S(=O)(=O)NCCn2c(C)cnc2C2CCC2)cc1C. The van der Waals surface area contributed by atoms with Gasteiger partial charge in [-0.3, -0.25) is 0 Å². The molecule has 0 saturated heterocycles. The van der Waals surface area contributed by atoms with E-state index in [4.69, 9.17) is 0 Å². The van der Waals surface area contributed by atoms with Gasteiger partial charge in [0.1, 0.15) is 5.82 Å². The summed E-state index contributed by atoms with van der Waals surface area (Å²) in [5, 5.41) is 0. The monoisotopic (exact) mass is 361 g/mol. The zero-order valence-electron chi connectivity index (χ0n) is 15.5. The number of sulfonamides is 1. The molecule has 0 bridgehead atoms. The largest absolute Gasteiger partial charge is 0.331 e. The standard InChI is InChI=1S/C19H27N3O2S/c1-13-10-15(3)18(11-14(13)2)25(23,24)21-8-9-22-16(4)12-20-19(22)17-6-5-7-17/h10-12,17,21H,5-9H2,1-4H3. The van der Waals surface area contributed by atoms with Gasteiger partial charge in [-0.1, -0.05) is 12.5 Å². The van der Waals surface area contributed by atoms with Crippen LogP contribution in [0.4, 0.5) is 0 Å². The van der Waals surface area contributed by atoms with E-state index in [1.165, 1.54) is 19.3 Å². The molecule has 1 aromatic heterocycles. The molecule has 0 unspecified atom stereocenters. The summed E-state index contributed by atoms with van der Waals surface area (Å²) in [6, 6.07) is 3.69. The molecular formula is C19H27N3O2S. The Morgan fingerprint density at radius 2 is 1.80 bits per heavy atom. The number of aromatic nitrogens is 2. The van der Waals surface area contributed by atoms with Crippen molar-refractivity contribution in [2.45, 2.75) is 64.3 Å². The minimum Gasteiger partial charge on any atom is -0.331 e. The van der Waals surface area contributed by atoms with Crippen molar-refractivity contribution in [1.29, 1.82) is 0 Å². The fourth-order valence-electron chi connectivity index (χ4n) is 3.36. The van der Waals surface area contributed by atoms with Crippen LogP contribution in [0.1, 0.15) is 53.4 Å². The van der Waals surface area contributed by atoms with E-state index in [0.29, 0.717) is 23.9 Å². The highest BCUT2D eigenvalue weighted by Crippen LogP contribution is 2.35. The van der Waals surface area contributed by atoms with Gasteiger partial charge >= 0.3 is 0 Å². The van der Waals surface area contributed by atoms with Gasteiger partial charge in [0, 0.05) is 30.9 Å². The van der Waals surface area contributed by atoms with Crippen LogP contribution in [0.15, 0.2) is 23.2 Å². The number of hydrogen-bond donors (Lipinski definition) is 1. The Bertz CT molecular complexity index is 880. The normalized spacial score (nSPS) is 15.4. The molecule has 25 heavy (non-hydrogen) atoms. The third-order valence-corrected chi connectivity index (χ3v) is 6.87. The Morgan fingerprint density at radius 1 is 1.12 bits per heavy atom. The van der Waals surface area contributed by atoms with Crippen LogP contribution in [0.3, 0.4) is 0 Å². The third-order valence-electron chi connectivity index (χ3n) is 5.26. The van der Waals surface area contributed by atoms with Crippen molar-refractivity contribution in [2.24, 2.45) is 0 Å². The number of rotatable bonds is 6. The zero-order chi connectivity index (χ0) is 18.2. The first-order valence-electron chi connectivity index (χ1n) is 8.89. The van der Waals surface area contributed by atoms with Crippen LogP contribution in [0.5, 0.6) is 0 Å². The van der Waals surface area contributed by atoms with Gasteiger partial charge in [-0.25, -0.2) is 18.1 Å². The van der Waals surface area contributed by atoms with Gasteiger partial charge < -0.3 is 4.57 Å². The molecule has 1 aromatic carbocycles. The van der Waals surface area contributed by atoms with Crippen LogP contribution in [-0.4, -0.2) is 24.5 Å². The molecule has 1 saturated carbocycles. The Kier molecular flexibility index (Phi) is 5.02. The summed E-state index contributed by atoms with van der Waals surface area (Å²) in [6.07, 6.45) is 5.51. The highest BCUT2D eigenvalue weighted by atomic mass is 32.2. The second-order valence-electron chi connectivity index (χ2n) is 7.14. The summed E-state index contributed by atoms with van der Waals surface area (Å²) in [4.78, 5) is 4.90. The second-order valence-corrected chi connectivity index (χ2v) is 8.87. The van der Waals surface area contributed by atoms with Crippen LogP contribution in [-0.2, 0) is 16.6 Å². The van der Waals surface area contributed by atoms with Gasteiger partial charge in [-0.05, 0) is 63.3 Å². The molecule has 136 valence electrons. The van der Waals surface area contributed by atoms with E-state index < -0.39 is 10.0 Å². The molecule has 2 aromatic rings. The van der Waals surface area contributed by atoms with Crippen molar-refractivity contribution in [1.82, 2.24) is 14.3 Å². The highest BCUT2D eigenvalue weighted by Gasteiger charge is 2.25. The first-order chi connectivity index (χ1) is 11.8. The lowest BCUT2D eigenvalue weighted by Gasteiger charge is -2.26. The summed E-state index contributed by atoms with van der Waals surface area (Å²) >= 11 is 0. The van der Waals surface area contributed by atoms with E-state index in [2.05, 4.69) is 14.3 Å². The minimum absolute atomic E-state index is 0.367. The number of aryl methyl sites for hydroxylation is 4. The van der Waals surface area contributed by atoms with Crippen molar-refractivity contribution < 1.29 is 8.42 Å². The maximum Gasteiger partial charge on any atom is 0.240 e. The molecule has 6 heteroatoms. The predicted molar refractivity (Wildman–Crippen MR) is 99.4 cm³/mol. The van der Waals surface area contributed by atoms with Crippen LogP contribution >= 0.6 is 0 Å². The molecule has 0 amide bonds. The van der Waals surface area contributed by atoms with Gasteiger partial charge in [0.2, 0.25) is 10.0 Å². The first-order valence-corrected chi connectivity index (χ1v) is 10.4. The maximum absolute atomic E-state index is 12.7. The Hall–Kier alpha value is -1.66. The van der Waals surface area contributed by atoms with Gasteiger partial charge in [0.15, 0.2) is 0 Å². The lowest BCUT2D eigenvalue weighted by molar-refractivity contribution is 0.385. The first kappa shape index (κ1) is 18.1. The summed E-state index contributed by atoms with van der Waals surface area (Å²) < 4.78 is 30.3. The van der Waals surface area contributed by atoms with Crippen molar-refractivity contribution in [2.75, 3.05) is 6.54 Å². The molecule has 3 rings (SSSR count).